The summed E-state index contributed by atoms with van der Waals surface area (Å²) in [6.07, 6.45) is 82.2. The zero-order chi connectivity index (χ0) is 53.6. The first-order valence-corrected chi connectivity index (χ1v) is 31.6. The number of hydrogen-bond donors (Lipinski definition) is 0. The lowest BCUT2D eigenvalue weighted by atomic mass is 10.0. The minimum Gasteiger partial charge on any atom is -0.462 e. The number of ether oxygens (including phenoxy) is 3. The van der Waals surface area contributed by atoms with E-state index in [1.807, 2.05) is 0 Å². The predicted octanol–water partition coefficient (Wildman–Crippen LogP) is 21.5. The van der Waals surface area contributed by atoms with Crippen molar-refractivity contribution in [2.24, 2.45) is 0 Å². The van der Waals surface area contributed by atoms with E-state index < -0.39 is 6.10 Å². The van der Waals surface area contributed by atoms with Crippen LogP contribution < -0.4 is 0 Å². The minimum absolute atomic E-state index is 0.0794. The Kier molecular flexibility index (Phi) is 59.3. The van der Waals surface area contributed by atoms with Crippen molar-refractivity contribution < 1.29 is 28.6 Å². The Morgan fingerprint density at radius 2 is 0.527 bits per heavy atom. The number of hydrogen-bond acceptors (Lipinski definition) is 6. The van der Waals surface area contributed by atoms with Crippen molar-refractivity contribution in [2.75, 3.05) is 13.2 Å². The van der Waals surface area contributed by atoms with Crippen molar-refractivity contribution in [3.05, 3.63) is 85.1 Å². The molecule has 1 atom stereocenters. The molecule has 0 amide bonds. The third-order valence-corrected chi connectivity index (χ3v) is 13.6. The Bertz CT molecular complexity index is 1420. The fraction of sp³-hybridized carbons (Fsp3) is 0.750. The molecule has 0 spiro atoms. The lowest BCUT2D eigenvalue weighted by Gasteiger charge is -2.18. The second-order valence-electron chi connectivity index (χ2n) is 20.9. The van der Waals surface area contributed by atoms with E-state index in [-0.39, 0.29) is 31.1 Å². The van der Waals surface area contributed by atoms with Crippen LogP contribution in [-0.4, -0.2) is 37.2 Å². The van der Waals surface area contributed by atoms with Gasteiger partial charge in [-0.05, 0) is 89.9 Å². The van der Waals surface area contributed by atoms with Crippen LogP contribution in [-0.2, 0) is 28.6 Å². The number of esters is 3. The fourth-order valence-electron chi connectivity index (χ4n) is 8.98. The molecule has 0 aliphatic rings. The molecule has 6 heteroatoms. The van der Waals surface area contributed by atoms with Crippen molar-refractivity contribution >= 4 is 17.9 Å². The largest absolute Gasteiger partial charge is 0.462 e. The van der Waals surface area contributed by atoms with Gasteiger partial charge in [-0.2, -0.15) is 0 Å². The van der Waals surface area contributed by atoms with Crippen LogP contribution in [0.3, 0.4) is 0 Å². The Balaban J connectivity index is 3.92. The average molecular weight is 1030 g/mol. The minimum atomic E-state index is -0.779. The molecule has 6 nitrogen and oxygen atoms in total. The molecule has 0 aliphatic heterocycles. The topological polar surface area (TPSA) is 78.9 Å². The van der Waals surface area contributed by atoms with Crippen LogP contribution in [0, 0.1) is 0 Å². The van der Waals surface area contributed by atoms with Crippen molar-refractivity contribution in [1.82, 2.24) is 0 Å². The van der Waals surface area contributed by atoms with Gasteiger partial charge in [-0.15, -0.1) is 0 Å². The molecule has 0 saturated heterocycles. The van der Waals surface area contributed by atoms with E-state index in [9.17, 15) is 14.4 Å². The van der Waals surface area contributed by atoms with Gasteiger partial charge in [-0.25, -0.2) is 0 Å². The highest BCUT2D eigenvalue weighted by Crippen LogP contribution is 2.17. The van der Waals surface area contributed by atoms with Gasteiger partial charge in [0.15, 0.2) is 6.10 Å². The van der Waals surface area contributed by atoms with E-state index in [4.69, 9.17) is 14.2 Å². The summed E-state index contributed by atoms with van der Waals surface area (Å²) in [5.41, 5.74) is 0. The maximum absolute atomic E-state index is 12.8. The first-order chi connectivity index (χ1) is 36.5. The summed E-state index contributed by atoms with van der Waals surface area (Å²) >= 11 is 0. The van der Waals surface area contributed by atoms with Gasteiger partial charge in [-0.3, -0.25) is 14.4 Å². The smallest absolute Gasteiger partial charge is 0.306 e. The molecular weight excluding hydrogens is 913 g/mol. The zero-order valence-electron chi connectivity index (χ0n) is 48.8. The van der Waals surface area contributed by atoms with Crippen LogP contribution >= 0.6 is 0 Å². The molecule has 0 rings (SSSR count). The number of allylic oxidation sites excluding steroid dienone is 14. The number of carbonyl (C=O) groups excluding carboxylic acids is 3. The predicted molar refractivity (Wildman–Crippen MR) is 321 cm³/mol. The molecule has 0 aromatic heterocycles. The highest BCUT2D eigenvalue weighted by molar-refractivity contribution is 5.71. The molecule has 0 bridgehead atoms. The van der Waals surface area contributed by atoms with Gasteiger partial charge in [0.05, 0.1) is 0 Å². The Morgan fingerprint density at radius 3 is 0.824 bits per heavy atom. The van der Waals surface area contributed by atoms with Gasteiger partial charge in [0.25, 0.3) is 0 Å². The maximum atomic E-state index is 12.8. The lowest BCUT2D eigenvalue weighted by Crippen LogP contribution is -2.30. The molecule has 74 heavy (non-hydrogen) atoms. The van der Waals surface area contributed by atoms with Gasteiger partial charge < -0.3 is 14.2 Å². The molecule has 1 unspecified atom stereocenters. The average Bonchev–Trinajstić information content (AvgIpc) is 3.40. The van der Waals surface area contributed by atoms with Gasteiger partial charge in [0, 0.05) is 19.3 Å². The molecule has 0 aliphatic carbocycles. The van der Waals surface area contributed by atoms with E-state index >= 15 is 0 Å². The molecule has 0 aromatic carbocycles. The van der Waals surface area contributed by atoms with Gasteiger partial charge in [0.1, 0.15) is 13.2 Å². The molecular formula is C68H118O6. The molecule has 0 radical (unpaired) electrons. The highest BCUT2D eigenvalue weighted by atomic mass is 16.6. The SMILES string of the molecule is CC/C=C\C/C=C\C/C=C\C/C=C\CCCCCCCCCCCCCCCCCCCCCCCCC(=O)OCC(COC(=O)CCCCCCCC)OC(=O)CCCCCCC/C=C\C/C=C\C/C=C\CC. The van der Waals surface area contributed by atoms with Crippen molar-refractivity contribution in [3.63, 3.8) is 0 Å². The van der Waals surface area contributed by atoms with E-state index in [0.29, 0.717) is 19.3 Å². The van der Waals surface area contributed by atoms with Crippen molar-refractivity contribution in [1.29, 1.82) is 0 Å². The number of unbranched alkanes of at least 4 members (excludes halogenated alkanes) is 32. The fourth-order valence-corrected chi connectivity index (χ4v) is 8.98. The molecule has 426 valence electrons. The summed E-state index contributed by atoms with van der Waals surface area (Å²) in [6.45, 7) is 6.36. The normalized spacial score (nSPS) is 12.6. The van der Waals surface area contributed by atoms with Crippen LogP contribution in [0.25, 0.3) is 0 Å². The summed E-state index contributed by atoms with van der Waals surface area (Å²) in [4.78, 5) is 37.9. The maximum Gasteiger partial charge on any atom is 0.306 e. The summed E-state index contributed by atoms with van der Waals surface area (Å²) in [5.74, 6) is -0.896. The summed E-state index contributed by atoms with van der Waals surface area (Å²) in [6, 6.07) is 0. The molecule has 0 N–H and O–H groups in total. The number of carbonyl (C=O) groups is 3. The summed E-state index contributed by atoms with van der Waals surface area (Å²) in [7, 11) is 0. The molecule has 0 aromatic rings. The van der Waals surface area contributed by atoms with E-state index in [2.05, 4.69) is 106 Å². The first kappa shape index (κ1) is 70.6. The Hall–Kier alpha value is -3.41. The molecule has 0 fully saturated rings. The van der Waals surface area contributed by atoms with Crippen molar-refractivity contribution in [2.45, 2.75) is 316 Å². The second-order valence-corrected chi connectivity index (χ2v) is 20.9. The monoisotopic (exact) mass is 1030 g/mol. The summed E-state index contributed by atoms with van der Waals surface area (Å²) in [5, 5.41) is 0. The van der Waals surface area contributed by atoms with E-state index in [0.717, 1.165) is 122 Å². The van der Waals surface area contributed by atoms with Gasteiger partial charge >= 0.3 is 17.9 Å². The Morgan fingerprint density at radius 1 is 0.284 bits per heavy atom. The second kappa shape index (κ2) is 62.1. The van der Waals surface area contributed by atoms with Crippen LogP contribution in [0.5, 0.6) is 0 Å². The van der Waals surface area contributed by atoms with E-state index in [1.54, 1.807) is 0 Å². The van der Waals surface area contributed by atoms with Crippen LogP contribution in [0.2, 0.25) is 0 Å². The van der Waals surface area contributed by atoms with Crippen LogP contribution in [0.15, 0.2) is 85.1 Å². The van der Waals surface area contributed by atoms with Gasteiger partial charge in [-0.1, -0.05) is 286 Å². The van der Waals surface area contributed by atoms with Crippen LogP contribution in [0.1, 0.15) is 310 Å². The lowest BCUT2D eigenvalue weighted by molar-refractivity contribution is -0.167. The van der Waals surface area contributed by atoms with Gasteiger partial charge in [0.2, 0.25) is 0 Å². The highest BCUT2D eigenvalue weighted by Gasteiger charge is 2.19. The van der Waals surface area contributed by atoms with Crippen LogP contribution in [0.4, 0.5) is 0 Å². The third kappa shape index (κ3) is 59.5. The number of rotatable bonds is 57. The molecule has 0 heterocycles. The van der Waals surface area contributed by atoms with Crippen molar-refractivity contribution in [3.8, 4) is 0 Å². The third-order valence-electron chi connectivity index (χ3n) is 13.6. The quantitative estimate of drug-likeness (QED) is 0.0261. The first-order valence-electron chi connectivity index (χ1n) is 31.6. The standard InChI is InChI=1S/C68H118O6/c1-4-7-10-13-16-18-20-22-24-25-26-27-28-29-30-31-32-33-34-35-36-37-38-39-40-41-42-43-45-46-48-50-52-55-58-61-67(70)73-64-65(63-72-66(69)60-57-54-15-12-9-6-3)74-68(71)62-59-56-53-51-49-47-44-23-21-19-17-14-11-8-5-2/h7-8,10-11,16-19,22-24,26-27,44,65H,4-6,9,12-15,20-21,25,28-43,45-64H2,1-3H3/b10-7-,11-8-,18-16-,19-17-,24-22-,27-26-,44-23-. The van der Waals surface area contributed by atoms with E-state index in [1.165, 1.54) is 148 Å². The Labute approximate surface area is 458 Å². The molecule has 0 saturated carbocycles. The summed E-state index contributed by atoms with van der Waals surface area (Å²) < 4.78 is 16.8. The zero-order valence-corrected chi connectivity index (χ0v) is 48.8.